The minimum atomic E-state index is -1.63. The Balaban J connectivity index is 1.74. The molecule has 3 aromatic carbocycles. The third-order valence-electron chi connectivity index (χ3n) is 14.0. The summed E-state index contributed by atoms with van der Waals surface area (Å²) < 4.78 is 0. The van der Waals surface area contributed by atoms with Gasteiger partial charge in [0.15, 0.2) is 5.05 Å². The summed E-state index contributed by atoms with van der Waals surface area (Å²) >= 11 is 4.88. The number of thiocarbonyl (C=S) groups is 1. The number of aliphatic carboxylic acids is 1. The van der Waals surface area contributed by atoms with Crippen LogP contribution in [0.1, 0.15) is 78.0 Å². The summed E-state index contributed by atoms with van der Waals surface area (Å²) in [6.45, 7) is 9.48. The van der Waals surface area contributed by atoms with Crippen molar-refractivity contribution < 1.29 is 67.7 Å². The number of nitrogens with zero attached hydrogens (tertiary/aromatic N) is 2. The zero-order valence-corrected chi connectivity index (χ0v) is 51.8. The number of amides is 11. The van der Waals surface area contributed by atoms with E-state index in [1.54, 1.807) is 88.4 Å². The molecule has 0 radical (unpaired) electrons. The van der Waals surface area contributed by atoms with E-state index in [1.165, 1.54) is 39.8 Å². The van der Waals surface area contributed by atoms with Gasteiger partial charge in [0.2, 0.25) is 65.0 Å². The summed E-state index contributed by atoms with van der Waals surface area (Å²) in [5.74, 6) is -11.0. The summed E-state index contributed by atoms with van der Waals surface area (Å²) in [4.78, 5) is 163. The van der Waals surface area contributed by atoms with Crippen molar-refractivity contribution in [2.75, 3.05) is 33.7 Å². The second-order valence-electron chi connectivity index (χ2n) is 22.1. The maximum Gasteiger partial charge on any atom is 0.327 e. The van der Waals surface area contributed by atoms with Crippen LogP contribution in [0.2, 0.25) is 0 Å². The number of aliphatic hydroxyl groups is 1. The van der Waals surface area contributed by atoms with Crippen molar-refractivity contribution in [1.29, 1.82) is 0 Å². The van der Waals surface area contributed by atoms with Gasteiger partial charge in [-0.2, -0.15) is 0 Å². The van der Waals surface area contributed by atoms with Crippen LogP contribution in [-0.4, -0.2) is 190 Å². The zero-order chi connectivity index (χ0) is 65.9. The first-order chi connectivity index (χ1) is 41.4. The molecule has 0 saturated carbocycles. The van der Waals surface area contributed by atoms with E-state index in [0.717, 1.165) is 10.5 Å². The molecule has 0 aliphatic rings. The Hall–Kier alpha value is -8.89. The molecule has 28 heteroatoms. The Morgan fingerprint density at radius 2 is 1.01 bits per heavy atom. The van der Waals surface area contributed by atoms with E-state index in [2.05, 4.69) is 47.9 Å². The molecular weight excluding hydrogens is 1160 g/mol. The SMILES string of the molecule is CC(C)CC(NC(=O)CNC(=O)C(Cc1ccccc1)N(C)C(=O)C(C)NC(=O)C(N)Cc1ccccc1)C(=O)NC(C)C(=O)NC(C(=O)NC(Cc1ccccc1)C(=O)NC(CC(O)=S)C(=O)N(C)C(C)C(=O)NC(CNCC(N)=O)C(=O)O)C(C)C. The number of nitrogens with two attached hydrogens (primary N) is 2. The molecule has 0 aliphatic heterocycles. The Bertz CT molecular complexity index is 2910. The molecule has 0 aliphatic carbocycles. The average Bonchev–Trinajstić information content (AvgIpc) is 3.68. The van der Waals surface area contributed by atoms with Crippen molar-refractivity contribution in [3.8, 4) is 0 Å². The highest BCUT2D eigenvalue weighted by Crippen LogP contribution is 2.14. The number of carbonyl (C=O) groups is 12. The monoisotopic (exact) mass is 1240 g/mol. The van der Waals surface area contributed by atoms with Crippen LogP contribution in [0, 0.1) is 11.8 Å². The van der Waals surface area contributed by atoms with E-state index in [1.807, 2.05) is 30.3 Å². The van der Waals surface area contributed by atoms with E-state index in [9.17, 15) is 67.7 Å². The first-order valence-corrected chi connectivity index (χ1v) is 29.0. The quantitative estimate of drug-likeness (QED) is 0.0292. The first-order valence-electron chi connectivity index (χ1n) is 28.6. The number of aliphatic hydroxyl groups excluding tert-OH is 1. The van der Waals surface area contributed by atoms with Crippen LogP contribution in [0.25, 0.3) is 0 Å². The van der Waals surface area contributed by atoms with Gasteiger partial charge in [-0.25, -0.2) is 4.79 Å². The van der Waals surface area contributed by atoms with Crippen LogP contribution < -0.4 is 59.3 Å². The van der Waals surface area contributed by atoms with Crippen molar-refractivity contribution in [3.63, 3.8) is 0 Å². The summed E-state index contributed by atoms with van der Waals surface area (Å²) in [5.41, 5.74) is 13.3. The first kappa shape index (κ1) is 73.4. The third kappa shape index (κ3) is 24.8. The van der Waals surface area contributed by atoms with Crippen molar-refractivity contribution in [2.24, 2.45) is 23.3 Å². The number of benzene rings is 3. The molecule has 0 saturated heterocycles. The second-order valence-corrected chi connectivity index (χ2v) is 22.6. The molecule has 0 spiro atoms. The Morgan fingerprint density at radius 1 is 0.511 bits per heavy atom. The lowest BCUT2D eigenvalue weighted by Crippen LogP contribution is -2.61. The highest BCUT2D eigenvalue weighted by Gasteiger charge is 2.37. The highest BCUT2D eigenvalue weighted by molar-refractivity contribution is 7.80. The van der Waals surface area contributed by atoms with Crippen LogP contribution in [0.4, 0.5) is 0 Å². The number of likely N-dealkylation sites (N-methyl/N-ethyl adjacent to an activating group) is 2. The molecule has 480 valence electrons. The van der Waals surface area contributed by atoms with Gasteiger partial charge in [-0.15, -0.1) is 0 Å². The largest absolute Gasteiger partial charge is 0.502 e. The number of carboxylic acids is 1. The average molecular weight is 1240 g/mol. The fourth-order valence-corrected chi connectivity index (χ4v) is 9.05. The van der Waals surface area contributed by atoms with Crippen molar-refractivity contribution in [3.05, 3.63) is 108 Å². The lowest BCUT2D eigenvalue weighted by atomic mass is 10.00. The number of rotatable bonds is 36. The predicted molar refractivity (Wildman–Crippen MR) is 329 cm³/mol. The smallest absolute Gasteiger partial charge is 0.327 e. The van der Waals surface area contributed by atoms with E-state index < -0.39 is 162 Å². The molecule has 3 rings (SSSR count). The number of nitrogens with one attached hydrogen (secondary N) is 9. The number of primary amides is 1. The maximum atomic E-state index is 14.2. The summed E-state index contributed by atoms with van der Waals surface area (Å²) in [6, 6.07) is 13.2. The molecule has 88 heavy (non-hydrogen) atoms. The minimum Gasteiger partial charge on any atom is -0.502 e. The fraction of sp³-hybridized carbons (Fsp3) is 0.483. The zero-order valence-electron chi connectivity index (χ0n) is 51.0. The molecule has 11 amide bonds. The second kappa shape index (κ2) is 36.3. The van der Waals surface area contributed by atoms with E-state index in [4.69, 9.17) is 23.7 Å². The Labute approximate surface area is 517 Å². The molecule has 3 aromatic rings. The molecular formula is C60H85N13O14S. The molecule has 0 aromatic heterocycles. The van der Waals surface area contributed by atoms with Gasteiger partial charge in [0, 0.05) is 39.9 Å². The topological polar surface area (TPSA) is 412 Å². The van der Waals surface area contributed by atoms with Gasteiger partial charge in [0.1, 0.15) is 54.4 Å². The molecule has 0 heterocycles. The van der Waals surface area contributed by atoms with Gasteiger partial charge in [-0.05, 0) is 74.4 Å². The van der Waals surface area contributed by atoms with Crippen LogP contribution in [-0.2, 0) is 76.8 Å². The van der Waals surface area contributed by atoms with Gasteiger partial charge in [-0.1, -0.05) is 119 Å². The normalized spacial score (nSPS) is 14.5. The molecule has 0 bridgehead atoms. The molecule has 15 N–H and O–H groups in total. The lowest BCUT2D eigenvalue weighted by Gasteiger charge is -2.31. The molecule has 27 nitrogen and oxygen atoms in total. The van der Waals surface area contributed by atoms with Gasteiger partial charge in [0.25, 0.3) is 0 Å². The Kier molecular flexibility index (Phi) is 30.3. The van der Waals surface area contributed by atoms with Gasteiger partial charge in [0.05, 0.1) is 19.1 Å². The van der Waals surface area contributed by atoms with Crippen molar-refractivity contribution in [2.45, 2.75) is 141 Å². The number of hydrogen-bond donors (Lipinski definition) is 13. The van der Waals surface area contributed by atoms with Crippen LogP contribution in [0.15, 0.2) is 91.0 Å². The Morgan fingerprint density at radius 3 is 1.52 bits per heavy atom. The molecule has 10 atom stereocenters. The van der Waals surface area contributed by atoms with Crippen LogP contribution in [0.3, 0.4) is 0 Å². The number of carbonyl (C=O) groups excluding carboxylic acids is 11. The standard InChI is InChI=1S/C60H85N13O14S/c1-33(2)25-42(67-48(75)32-64-56(82)46(28-40-23-17-12-18-24-40)73(9)58(84)36(6)66-53(79)41(61)26-38-19-13-10-14-20-38)54(80)65-35(5)51(77)71-50(34(3)4)57(83)68-43(27-39-21-15-11-16-22-39)55(81)69-44(29-49(76)88)59(85)72(8)37(7)52(78)70-45(60(86)87)30-63-31-47(62)74/h10-24,33-37,41-46,50,63H,25-32,61H2,1-9H3,(H2,62,74)(H,64,82)(H,65,80)(H,66,79)(H,67,75)(H,68,83)(H,69,81)(H,70,78)(H,71,77)(H,76,88)(H,86,87). The summed E-state index contributed by atoms with van der Waals surface area (Å²) in [5, 5.41) is 42.0. The highest BCUT2D eigenvalue weighted by atomic mass is 32.1. The van der Waals surface area contributed by atoms with E-state index >= 15 is 0 Å². The third-order valence-corrected chi connectivity index (χ3v) is 14.2. The number of hydrogen-bond acceptors (Lipinski definition) is 15. The summed E-state index contributed by atoms with van der Waals surface area (Å²) in [6.07, 6.45) is -0.449. The van der Waals surface area contributed by atoms with Crippen molar-refractivity contribution in [1.82, 2.24) is 57.7 Å². The van der Waals surface area contributed by atoms with E-state index in [-0.39, 0.29) is 38.1 Å². The molecule has 10 unspecified atom stereocenters. The van der Waals surface area contributed by atoms with Crippen molar-refractivity contribution >= 4 is 88.2 Å². The predicted octanol–water partition coefficient (Wildman–Crippen LogP) is -1.60. The van der Waals surface area contributed by atoms with Crippen LogP contribution >= 0.6 is 12.2 Å². The van der Waals surface area contributed by atoms with Crippen LogP contribution in [0.5, 0.6) is 0 Å². The maximum absolute atomic E-state index is 14.2. The lowest BCUT2D eigenvalue weighted by molar-refractivity contribution is -0.145. The van der Waals surface area contributed by atoms with Gasteiger partial charge >= 0.3 is 5.97 Å². The molecule has 0 fully saturated rings. The fourth-order valence-electron chi connectivity index (χ4n) is 8.88. The number of carboxylic acid groups (broad SMARTS) is 1. The summed E-state index contributed by atoms with van der Waals surface area (Å²) in [7, 11) is 2.59. The van der Waals surface area contributed by atoms with Gasteiger partial charge < -0.3 is 79.3 Å². The minimum absolute atomic E-state index is 0.0293. The van der Waals surface area contributed by atoms with Gasteiger partial charge in [-0.3, -0.25) is 52.7 Å². The van der Waals surface area contributed by atoms with E-state index in [0.29, 0.717) is 11.1 Å².